The van der Waals surface area contributed by atoms with Crippen LogP contribution in [0.15, 0.2) is 0 Å². The van der Waals surface area contributed by atoms with Gasteiger partial charge in [0, 0.05) is 74.6 Å². The van der Waals surface area contributed by atoms with E-state index in [-0.39, 0.29) is 102 Å². The van der Waals surface area contributed by atoms with Gasteiger partial charge in [0.25, 0.3) is 0 Å². The van der Waals surface area contributed by atoms with E-state index in [0.717, 1.165) is 65.4 Å². The molecule has 107 heavy (non-hydrogen) atoms. The highest BCUT2D eigenvalue weighted by molar-refractivity contribution is 6.65. The van der Waals surface area contributed by atoms with Crippen LogP contribution in [0.2, 0.25) is 34.4 Å². The second-order valence-electron chi connectivity index (χ2n) is 44.4. The summed E-state index contributed by atoms with van der Waals surface area (Å²) >= 11 is 0. The lowest BCUT2D eigenvalue weighted by Gasteiger charge is -2.61. The molecular weight excluding hydrogens is 1340 g/mol. The standard InChI is InChI=1S/C34H65BN2O4.C30H60BN3.C12H18O8.C11H23N/c1-28(2,3)26-38-20-34(21-39-26)22-40-27(41-23-34)33(12,13)35(24-16-29(4,5)36(14)30(6,7)17-24)25-18-31(8,9)37(15)32(10,11)19-25;1-25(2)16-22(17-26(3,4)32(25)13)31(23-18-27(5,6)33(14)28(7,8)19-23)24-20-29(9,10)34(15)30(11,12)21-24;1-17-9(13)5-7(11(15)19-3)8(12(16)20-4)6-10(14)18-2;1-9-7-10(2,3)12(6)11(4,5)8-9/h24-27H,16-23H2,1-15H3;22-24H,16-21H2,1-15H3;7-8H,5-6H2,1-4H3;9H,7-8H2,1-6H3/i1T;;;1T. The summed E-state index contributed by atoms with van der Waals surface area (Å²) in [4.78, 5) is 61.8. The van der Waals surface area contributed by atoms with Gasteiger partial charge >= 0.3 is 23.9 Å². The van der Waals surface area contributed by atoms with Crippen molar-refractivity contribution in [1.29, 1.82) is 0 Å². The number of nitrogens with zero attached hydrogens (tertiary/aromatic N) is 6. The highest BCUT2D eigenvalue weighted by Gasteiger charge is 2.61. The molecule has 0 N–H and O–H groups in total. The first kappa shape index (κ1) is 91.8. The van der Waals surface area contributed by atoms with Gasteiger partial charge in [-0.05, 0) is 297 Å². The van der Waals surface area contributed by atoms with Crippen molar-refractivity contribution in [2.75, 3.05) is 97.2 Å². The summed E-state index contributed by atoms with van der Waals surface area (Å²) in [7, 11) is 18.5. The van der Waals surface area contributed by atoms with E-state index in [2.05, 4.69) is 271 Å². The second-order valence-corrected chi connectivity index (χ2v) is 44.4. The third kappa shape index (κ3) is 22.2. The third-order valence-corrected chi connectivity index (χ3v) is 29.7. The number of hydrogen-bond acceptors (Lipinski definition) is 18. The monoisotopic (exact) mass is 1510 g/mol. The van der Waals surface area contributed by atoms with E-state index < -0.39 is 48.6 Å². The SMILES string of the molecule is CN1C(C)(C)CC(B(C2CC(C)(C)N(C)C(C)(C)C2)C2CC(C)(C)N(C)C(C)(C)C2)CC1(C)C.COC(=O)CC(C(=O)OC)C(CC(=O)OC)C(=O)OC.[3H]CC(C)(C)C1OCC2(CO1)COC(C(C)(C)B(C1CC(C)(C)N(C)C(C)(C)C1)C1CC(C)(C)N(C)C(C)(C)C1)OC2.[3H]CC1CC(C)(C)N(C)C(C)(C)C1. The summed E-state index contributed by atoms with van der Waals surface area (Å²) < 4.78 is 59.3. The van der Waals surface area contributed by atoms with Gasteiger partial charge in [-0.25, -0.2) is 0 Å². The molecule has 622 valence electrons. The van der Waals surface area contributed by atoms with Gasteiger partial charge in [0.2, 0.25) is 0 Å². The molecule has 18 nitrogen and oxygen atoms in total. The molecule has 8 aliphatic rings. The van der Waals surface area contributed by atoms with Crippen molar-refractivity contribution < 1.29 is 59.8 Å². The van der Waals surface area contributed by atoms with Gasteiger partial charge < -0.3 is 37.9 Å². The molecule has 8 saturated heterocycles. The molecule has 2 atom stereocenters. The zero-order valence-electron chi connectivity index (χ0n) is 78.2. The molecule has 0 aromatic rings. The number of carbonyl (C=O) groups excluding carboxylic acids is 4. The Morgan fingerprint density at radius 2 is 0.598 bits per heavy atom. The minimum Gasteiger partial charge on any atom is -0.469 e. The summed E-state index contributed by atoms with van der Waals surface area (Å²) in [6.07, 6.45) is 13.6. The zero-order valence-corrected chi connectivity index (χ0v) is 76.2. The fraction of sp³-hybridized carbons (Fsp3) is 0.954. The molecule has 8 heterocycles. The van der Waals surface area contributed by atoms with Crippen LogP contribution >= 0.6 is 0 Å². The first-order valence-electron chi connectivity index (χ1n) is 42.4. The topological polar surface area (TPSA) is 162 Å². The van der Waals surface area contributed by atoms with E-state index >= 15 is 0 Å². The van der Waals surface area contributed by atoms with Crippen molar-refractivity contribution in [3.63, 3.8) is 0 Å². The Hall–Kier alpha value is -2.39. The molecule has 0 amide bonds. The Balaban J connectivity index is 0.000000283. The van der Waals surface area contributed by atoms with Crippen LogP contribution in [-0.2, 0) is 57.1 Å². The maximum Gasteiger partial charge on any atom is 0.310 e. The molecule has 0 aromatic heterocycles. The largest absolute Gasteiger partial charge is 0.469 e. The van der Waals surface area contributed by atoms with Gasteiger partial charge in [0.05, 0.1) is 85.0 Å². The lowest BCUT2D eigenvalue weighted by Crippen LogP contribution is -2.64. The fourth-order valence-corrected chi connectivity index (χ4v) is 22.9. The van der Waals surface area contributed by atoms with E-state index in [1.54, 1.807) is 0 Å². The minimum absolute atomic E-state index is 0.121. The molecule has 0 bridgehead atoms. The number of methoxy groups -OCH3 is 4. The Morgan fingerprint density at radius 3 is 0.813 bits per heavy atom. The lowest BCUT2D eigenvalue weighted by atomic mass is 9.19. The van der Waals surface area contributed by atoms with Crippen molar-refractivity contribution in [3.8, 4) is 0 Å². The molecular formula is C87H166B2N6O12. The first-order chi connectivity index (χ1) is 49.2. The Bertz CT molecular complexity index is 2720. The molecule has 2 unspecified atom stereocenters. The van der Waals surface area contributed by atoms with Crippen LogP contribution in [0.4, 0.5) is 0 Å². The van der Waals surface area contributed by atoms with Gasteiger partial charge in [-0.2, -0.15) is 0 Å². The number of likely N-dealkylation sites (tertiary alicyclic amines) is 6. The van der Waals surface area contributed by atoms with Crippen molar-refractivity contribution >= 4 is 37.3 Å². The number of rotatable bonds is 14. The molecule has 0 radical (unpaired) electrons. The van der Waals surface area contributed by atoms with E-state index in [9.17, 15) is 19.2 Å². The molecule has 8 aliphatic heterocycles. The van der Waals surface area contributed by atoms with E-state index in [1.165, 1.54) is 64.2 Å². The highest BCUT2D eigenvalue weighted by Crippen LogP contribution is 2.61. The van der Waals surface area contributed by atoms with Crippen molar-refractivity contribution in [1.82, 2.24) is 29.4 Å². The van der Waals surface area contributed by atoms with Gasteiger partial charge in [0.15, 0.2) is 19.3 Å². The summed E-state index contributed by atoms with van der Waals surface area (Å²) in [5.41, 5.74) is 1.87. The number of carbonyl (C=O) groups is 4. The number of esters is 4. The van der Waals surface area contributed by atoms with Crippen LogP contribution in [0.1, 0.15) is 300 Å². The Kier molecular flexibility index (Phi) is 29.0. The van der Waals surface area contributed by atoms with Crippen LogP contribution < -0.4 is 0 Å². The normalized spacial score (nSPS) is 30.0. The zero-order chi connectivity index (χ0) is 84.0. The fourth-order valence-electron chi connectivity index (χ4n) is 22.9. The highest BCUT2D eigenvalue weighted by atomic mass is 16.7. The van der Waals surface area contributed by atoms with Gasteiger partial charge in [-0.1, -0.05) is 70.6 Å². The first-order valence-corrected chi connectivity index (χ1v) is 41.0. The predicted octanol–water partition coefficient (Wildman–Crippen LogP) is 17.4. The summed E-state index contributed by atoms with van der Waals surface area (Å²) in [6, 6.07) is 0. The van der Waals surface area contributed by atoms with Crippen LogP contribution in [0.5, 0.6) is 0 Å². The molecule has 8 rings (SSSR count). The Labute approximate surface area is 660 Å². The predicted molar refractivity (Wildman–Crippen MR) is 442 cm³/mol. The second kappa shape index (κ2) is 33.8. The summed E-state index contributed by atoms with van der Waals surface area (Å²) in [6.45, 7) is 71.9. The number of ether oxygens (including phenoxy) is 8. The maximum atomic E-state index is 11.7. The van der Waals surface area contributed by atoms with Crippen LogP contribution in [-0.4, -0.2) is 243 Å². The Morgan fingerprint density at radius 1 is 0.374 bits per heavy atom. The maximum absolute atomic E-state index is 11.7. The average molecular weight is 1510 g/mol. The molecule has 0 saturated carbocycles. The molecule has 0 aromatic carbocycles. The average Bonchev–Trinajstić information content (AvgIpc) is 0.734. The minimum atomic E-state index is -1.18. The number of hydrogen-bond donors (Lipinski definition) is 0. The van der Waals surface area contributed by atoms with Crippen molar-refractivity contribution in [3.05, 3.63) is 0 Å². The van der Waals surface area contributed by atoms with Gasteiger partial charge in [0.1, 0.15) is 6.71 Å². The van der Waals surface area contributed by atoms with E-state index in [4.69, 9.17) is 21.7 Å². The molecule has 8 fully saturated rings. The van der Waals surface area contributed by atoms with Crippen LogP contribution in [0.3, 0.4) is 0 Å². The lowest BCUT2D eigenvalue weighted by molar-refractivity contribution is -0.323. The van der Waals surface area contributed by atoms with E-state index in [1.807, 2.05) is 13.8 Å². The molecule has 0 aliphatic carbocycles. The smallest absolute Gasteiger partial charge is 0.310 e. The molecule has 20 heteroatoms. The van der Waals surface area contributed by atoms with Gasteiger partial charge in [-0.3, -0.25) is 48.6 Å². The third-order valence-electron chi connectivity index (χ3n) is 29.7. The molecule has 1 spiro atoms. The quantitative estimate of drug-likeness (QED) is 0.0916. The van der Waals surface area contributed by atoms with Crippen molar-refractivity contribution in [2.45, 2.75) is 411 Å². The summed E-state index contributed by atoms with van der Waals surface area (Å²) in [5.74, 6) is -1.30. The van der Waals surface area contributed by atoms with E-state index in [0.29, 0.717) is 57.6 Å². The van der Waals surface area contributed by atoms with Gasteiger partial charge in [-0.15, -0.1) is 0 Å². The van der Waals surface area contributed by atoms with Crippen molar-refractivity contribution in [2.24, 2.45) is 28.6 Å². The summed E-state index contributed by atoms with van der Waals surface area (Å²) in [5, 5.41) is -0.173. The number of piperidine rings is 6. The van der Waals surface area contributed by atoms with Crippen LogP contribution in [0, 0.1) is 28.6 Å². The van der Waals surface area contributed by atoms with Crippen LogP contribution in [0.25, 0.3) is 0 Å².